The summed E-state index contributed by atoms with van der Waals surface area (Å²) in [5.41, 5.74) is 1.54. The molecule has 0 atom stereocenters. The molecule has 3 N–H and O–H groups in total. The first-order valence-corrected chi connectivity index (χ1v) is 9.09. The standard InChI is InChI=1S/C22H19NO6/c1-2-11-28-21(27)23-22(9-10-22)14-5-3-13(4-6-14)12-15-18-17(29-20(15)26)8-7-16(24)19(18)25/h2-8,12,24-25H,1,9-11H2,(H,23,27). The van der Waals surface area contributed by atoms with Crippen LogP contribution in [0.2, 0.25) is 0 Å². The van der Waals surface area contributed by atoms with Crippen LogP contribution in [0.4, 0.5) is 4.79 Å². The van der Waals surface area contributed by atoms with Crippen LogP contribution in [-0.2, 0) is 15.1 Å². The van der Waals surface area contributed by atoms with E-state index in [1.165, 1.54) is 18.2 Å². The molecule has 0 bridgehead atoms. The minimum absolute atomic E-state index is 0.147. The SMILES string of the molecule is C=CCOC(=O)NC1(c2ccc(C=C3C(=O)Oc4ccc(O)c(O)c43)cc2)CC1. The van der Waals surface area contributed by atoms with Gasteiger partial charge in [-0.25, -0.2) is 9.59 Å². The summed E-state index contributed by atoms with van der Waals surface area (Å²) in [5.74, 6) is -1.12. The number of esters is 1. The zero-order valence-electron chi connectivity index (χ0n) is 15.5. The number of carbonyl (C=O) groups is 2. The molecule has 0 radical (unpaired) electrons. The highest BCUT2D eigenvalue weighted by Gasteiger charge is 2.46. The molecule has 4 rings (SSSR count). The van der Waals surface area contributed by atoms with E-state index in [2.05, 4.69) is 11.9 Å². The number of alkyl carbamates (subject to hydrolysis) is 1. The van der Waals surface area contributed by atoms with Crippen LogP contribution < -0.4 is 10.1 Å². The third kappa shape index (κ3) is 3.42. The van der Waals surface area contributed by atoms with Crippen LogP contribution in [0.5, 0.6) is 17.2 Å². The molecule has 1 aliphatic heterocycles. The topological polar surface area (TPSA) is 105 Å². The second-order valence-electron chi connectivity index (χ2n) is 6.97. The van der Waals surface area contributed by atoms with Gasteiger partial charge in [-0.1, -0.05) is 36.9 Å². The van der Waals surface area contributed by atoms with Gasteiger partial charge in [0, 0.05) is 0 Å². The van der Waals surface area contributed by atoms with Crippen molar-refractivity contribution < 1.29 is 29.3 Å². The lowest BCUT2D eigenvalue weighted by atomic mass is 9.99. The quantitative estimate of drug-likeness (QED) is 0.236. The molecule has 0 spiro atoms. The Kier molecular flexibility index (Phi) is 4.50. The number of benzene rings is 2. The van der Waals surface area contributed by atoms with Gasteiger partial charge >= 0.3 is 12.1 Å². The van der Waals surface area contributed by atoms with Crippen LogP contribution in [-0.4, -0.2) is 28.9 Å². The highest BCUT2D eigenvalue weighted by molar-refractivity contribution is 6.27. The third-order valence-corrected chi connectivity index (χ3v) is 5.01. The summed E-state index contributed by atoms with van der Waals surface area (Å²) in [7, 11) is 0. The number of ether oxygens (including phenoxy) is 2. The summed E-state index contributed by atoms with van der Waals surface area (Å²) in [6.45, 7) is 3.66. The van der Waals surface area contributed by atoms with E-state index in [4.69, 9.17) is 9.47 Å². The first kappa shape index (κ1) is 18.6. The van der Waals surface area contributed by atoms with Gasteiger partial charge in [0.2, 0.25) is 0 Å². The molecule has 2 aromatic carbocycles. The molecule has 2 aromatic rings. The number of hydrogen-bond acceptors (Lipinski definition) is 6. The van der Waals surface area contributed by atoms with Crippen LogP contribution in [0.1, 0.15) is 29.5 Å². The Morgan fingerprint density at radius 3 is 2.59 bits per heavy atom. The number of phenols is 2. The first-order chi connectivity index (χ1) is 13.9. The van der Waals surface area contributed by atoms with E-state index in [1.54, 1.807) is 6.08 Å². The van der Waals surface area contributed by atoms with Crippen molar-refractivity contribution in [1.82, 2.24) is 5.32 Å². The number of rotatable bonds is 5. The van der Waals surface area contributed by atoms with E-state index in [0.29, 0.717) is 5.56 Å². The van der Waals surface area contributed by atoms with Crippen LogP contribution in [0.3, 0.4) is 0 Å². The van der Waals surface area contributed by atoms with Crippen molar-refractivity contribution >= 4 is 23.7 Å². The molecule has 1 heterocycles. The maximum atomic E-state index is 12.2. The van der Waals surface area contributed by atoms with Crippen molar-refractivity contribution in [2.75, 3.05) is 6.61 Å². The third-order valence-electron chi connectivity index (χ3n) is 5.01. The van der Waals surface area contributed by atoms with Crippen LogP contribution >= 0.6 is 0 Å². The van der Waals surface area contributed by atoms with Crippen LogP contribution in [0, 0.1) is 0 Å². The van der Waals surface area contributed by atoms with E-state index in [9.17, 15) is 19.8 Å². The highest BCUT2D eigenvalue weighted by atomic mass is 16.5. The van der Waals surface area contributed by atoms with E-state index in [-0.39, 0.29) is 29.2 Å². The summed E-state index contributed by atoms with van der Waals surface area (Å²) in [5, 5.41) is 22.7. The first-order valence-electron chi connectivity index (χ1n) is 9.09. The van der Waals surface area contributed by atoms with Gasteiger partial charge in [0.1, 0.15) is 12.4 Å². The molecule has 1 aliphatic carbocycles. The maximum absolute atomic E-state index is 12.2. The number of aromatic hydroxyl groups is 2. The molecule has 7 heteroatoms. The number of nitrogens with one attached hydrogen (secondary N) is 1. The molecule has 2 aliphatic rings. The van der Waals surface area contributed by atoms with Crippen molar-refractivity contribution in [1.29, 1.82) is 0 Å². The Morgan fingerprint density at radius 2 is 1.93 bits per heavy atom. The normalized spacial score (nSPS) is 17.4. The zero-order valence-corrected chi connectivity index (χ0v) is 15.5. The molecular weight excluding hydrogens is 374 g/mol. The van der Waals surface area contributed by atoms with Gasteiger partial charge in [0.05, 0.1) is 16.7 Å². The van der Waals surface area contributed by atoms with E-state index in [0.717, 1.165) is 18.4 Å². The van der Waals surface area contributed by atoms with Crippen LogP contribution in [0.25, 0.3) is 11.6 Å². The van der Waals surface area contributed by atoms with E-state index < -0.39 is 23.4 Å². The molecule has 0 aromatic heterocycles. The molecule has 7 nitrogen and oxygen atoms in total. The fraction of sp³-hybridized carbons (Fsp3) is 0.182. The monoisotopic (exact) mass is 393 g/mol. The van der Waals surface area contributed by atoms with Crippen molar-refractivity contribution in [3.63, 3.8) is 0 Å². The highest BCUT2D eigenvalue weighted by Crippen LogP contribution is 2.47. The van der Waals surface area contributed by atoms with E-state index >= 15 is 0 Å². The Morgan fingerprint density at radius 1 is 1.21 bits per heavy atom. The van der Waals surface area contributed by atoms with Gasteiger partial charge in [-0.3, -0.25) is 0 Å². The Labute approximate surface area is 166 Å². The van der Waals surface area contributed by atoms with Gasteiger partial charge in [0.15, 0.2) is 11.5 Å². The second-order valence-corrected chi connectivity index (χ2v) is 6.97. The van der Waals surface area contributed by atoms with Gasteiger partial charge in [0.25, 0.3) is 0 Å². The van der Waals surface area contributed by atoms with Gasteiger partial charge in [-0.05, 0) is 42.2 Å². The molecular formula is C22H19NO6. The number of fused-ring (bicyclic) bond motifs is 1. The second kappa shape index (κ2) is 7.01. The predicted molar refractivity (Wildman–Crippen MR) is 105 cm³/mol. The predicted octanol–water partition coefficient (Wildman–Crippen LogP) is 3.46. The lowest BCUT2D eigenvalue weighted by Gasteiger charge is -2.17. The number of amides is 1. The summed E-state index contributed by atoms with van der Waals surface area (Å²) < 4.78 is 10.1. The Hall–Kier alpha value is -3.74. The average Bonchev–Trinajstić information content (AvgIpc) is 3.42. The Balaban J connectivity index is 1.57. The van der Waals surface area contributed by atoms with Crippen molar-refractivity contribution in [3.8, 4) is 17.2 Å². The number of carbonyl (C=O) groups excluding carboxylic acids is 2. The van der Waals surface area contributed by atoms with Crippen LogP contribution in [0.15, 0.2) is 49.1 Å². The minimum atomic E-state index is -0.602. The number of hydrogen-bond donors (Lipinski definition) is 3. The summed E-state index contributed by atoms with van der Waals surface area (Å²) in [6.07, 6.45) is 4.22. The molecule has 1 saturated carbocycles. The summed E-state index contributed by atoms with van der Waals surface area (Å²) in [6, 6.07) is 10.1. The summed E-state index contributed by atoms with van der Waals surface area (Å²) >= 11 is 0. The lowest BCUT2D eigenvalue weighted by molar-refractivity contribution is -0.126. The van der Waals surface area contributed by atoms with Crippen molar-refractivity contribution in [3.05, 3.63) is 65.7 Å². The van der Waals surface area contributed by atoms with E-state index in [1.807, 2.05) is 24.3 Å². The minimum Gasteiger partial charge on any atom is -0.504 e. The fourth-order valence-electron chi connectivity index (χ4n) is 3.34. The Bertz CT molecular complexity index is 1030. The van der Waals surface area contributed by atoms with Gasteiger partial charge in [-0.15, -0.1) is 0 Å². The molecule has 148 valence electrons. The van der Waals surface area contributed by atoms with Gasteiger partial charge < -0.3 is 25.0 Å². The number of phenolic OH excluding ortho intramolecular Hbond substituents is 2. The molecule has 29 heavy (non-hydrogen) atoms. The van der Waals surface area contributed by atoms with Crippen molar-refractivity contribution in [2.45, 2.75) is 18.4 Å². The van der Waals surface area contributed by atoms with Gasteiger partial charge in [-0.2, -0.15) is 0 Å². The molecule has 0 saturated heterocycles. The summed E-state index contributed by atoms with van der Waals surface area (Å²) in [4.78, 5) is 24.0. The smallest absolute Gasteiger partial charge is 0.408 e. The lowest BCUT2D eigenvalue weighted by Crippen LogP contribution is -2.35. The molecule has 0 unspecified atom stereocenters. The maximum Gasteiger partial charge on any atom is 0.408 e. The fourth-order valence-corrected chi connectivity index (χ4v) is 3.34. The average molecular weight is 393 g/mol. The molecule has 1 amide bonds. The largest absolute Gasteiger partial charge is 0.504 e. The molecule has 1 fully saturated rings. The zero-order chi connectivity index (χ0) is 20.6. The van der Waals surface area contributed by atoms with Crippen molar-refractivity contribution in [2.24, 2.45) is 0 Å².